The molecule has 2 N–H and O–H groups in total. The van der Waals surface area contributed by atoms with Crippen LogP contribution in [0.5, 0.6) is 0 Å². The summed E-state index contributed by atoms with van der Waals surface area (Å²) in [5.74, 6) is 0. The molecule has 15 heavy (non-hydrogen) atoms. The summed E-state index contributed by atoms with van der Waals surface area (Å²) >= 11 is 12.1. The summed E-state index contributed by atoms with van der Waals surface area (Å²) in [6.07, 6.45) is 1.19. The number of hydrogen-bond donors (Lipinski definition) is 1. The first-order chi connectivity index (χ1) is 7.22. The van der Waals surface area contributed by atoms with E-state index in [0.29, 0.717) is 16.1 Å². The van der Waals surface area contributed by atoms with Crippen molar-refractivity contribution in [3.8, 4) is 0 Å². The Bertz CT molecular complexity index is 352. The molecule has 82 valence electrons. The Kier molecular flexibility index (Phi) is 3.52. The number of nitrogens with two attached hydrogens (primary N) is 1. The normalized spacial score (nSPS) is 21.4. The van der Waals surface area contributed by atoms with Crippen LogP contribution < -0.4 is 5.73 Å². The van der Waals surface area contributed by atoms with E-state index in [0.717, 1.165) is 25.2 Å². The van der Waals surface area contributed by atoms with Gasteiger partial charge in [0.1, 0.15) is 0 Å². The number of rotatable bonds is 3. The molecule has 0 aromatic heterocycles. The monoisotopic (exact) mass is 244 g/mol. The van der Waals surface area contributed by atoms with Gasteiger partial charge in [0, 0.05) is 25.7 Å². The van der Waals surface area contributed by atoms with E-state index in [1.807, 2.05) is 18.2 Å². The molecule has 0 saturated carbocycles. The lowest BCUT2D eigenvalue weighted by atomic mass is 10.0. The standard InChI is InChI=1S/C11H14Cl2N2/c12-10-3-1-2-8(11(10)13)7-15-5-4-9(15)6-14/h1-3,9H,4-7,14H2. The van der Waals surface area contributed by atoms with Crippen molar-refractivity contribution in [2.24, 2.45) is 5.73 Å². The van der Waals surface area contributed by atoms with Crippen LogP contribution in [0.2, 0.25) is 10.0 Å². The molecule has 1 heterocycles. The van der Waals surface area contributed by atoms with Crippen LogP contribution in [0.4, 0.5) is 0 Å². The van der Waals surface area contributed by atoms with Crippen LogP contribution >= 0.6 is 23.2 Å². The van der Waals surface area contributed by atoms with Gasteiger partial charge in [0.25, 0.3) is 0 Å². The zero-order chi connectivity index (χ0) is 10.8. The van der Waals surface area contributed by atoms with E-state index in [4.69, 9.17) is 28.9 Å². The summed E-state index contributed by atoms with van der Waals surface area (Å²) in [6, 6.07) is 6.27. The van der Waals surface area contributed by atoms with Gasteiger partial charge in [-0.05, 0) is 18.1 Å². The lowest BCUT2D eigenvalue weighted by Gasteiger charge is -2.40. The van der Waals surface area contributed by atoms with Crippen molar-refractivity contribution < 1.29 is 0 Å². The van der Waals surface area contributed by atoms with Gasteiger partial charge in [0.05, 0.1) is 10.0 Å². The fraction of sp³-hybridized carbons (Fsp3) is 0.455. The summed E-state index contributed by atoms with van der Waals surface area (Å²) in [6.45, 7) is 2.67. The van der Waals surface area contributed by atoms with Gasteiger partial charge in [-0.2, -0.15) is 0 Å². The van der Waals surface area contributed by atoms with E-state index in [9.17, 15) is 0 Å². The average molecular weight is 245 g/mol. The minimum absolute atomic E-state index is 0.514. The second-order valence-corrected chi connectivity index (χ2v) is 4.65. The third kappa shape index (κ3) is 2.28. The Hall–Kier alpha value is -0.280. The van der Waals surface area contributed by atoms with E-state index in [-0.39, 0.29) is 0 Å². The molecular formula is C11H14Cl2N2. The van der Waals surface area contributed by atoms with Gasteiger partial charge in [-0.15, -0.1) is 0 Å². The lowest BCUT2D eigenvalue weighted by Crippen LogP contribution is -2.50. The Balaban J connectivity index is 2.08. The van der Waals surface area contributed by atoms with Gasteiger partial charge in [0.15, 0.2) is 0 Å². The third-order valence-corrected chi connectivity index (χ3v) is 3.80. The zero-order valence-corrected chi connectivity index (χ0v) is 9.93. The highest BCUT2D eigenvalue weighted by molar-refractivity contribution is 6.42. The SMILES string of the molecule is NCC1CCN1Cc1cccc(Cl)c1Cl. The smallest absolute Gasteiger partial charge is 0.0637 e. The molecule has 0 spiro atoms. The number of likely N-dealkylation sites (tertiary alicyclic amines) is 1. The quantitative estimate of drug-likeness (QED) is 0.886. The molecule has 0 aliphatic carbocycles. The Labute approximate surface area is 100.0 Å². The number of halogens is 2. The highest BCUT2D eigenvalue weighted by Crippen LogP contribution is 2.28. The molecule has 1 aromatic rings. The second-order valence-electron chi connectivity index (χ2n) is 3.86. The van der Waals surface area contributed by atoms with E-state index in [1.54, 1.807) is 0 Å². The second kappa shape index (κ2) is 4.71. The van der Waals surface area contributed by atoms with Crippen LogP contribution in [-0.2, 0) is 6.54 Å². The average Bonchev–Trinajstić information content (AvgIpc) is 2.19. The van der Waals surface area contributed by atoms with Crippen molar-refractivity contribution in [1.29, 1.82) is 0 Å². The van der Waals surface area contributed by atoms with E-state index in [1.165, 1.54) is 6.42 Å². The van der Waals surface area contributed by atoms with Gasteiger partial charge < -0.3 is 5.73 Å². The maximum atomic E-state index is 6.12. The molecule has 1 saturated heterocycles. The fourth-order valence-corrected chi connectivity index (χ4v) is 2.24. The van der Waals surface area contributed by atoms with Crippen LogP contribution in [0, 0.1) is 0 Å². The van der Waals surface area contributed by atoms with Crippen molar-refractivity contribution in [1.82, 2.24) is 4.90 Å². The van der Waals surface area contributed by atoms with Crippen molar-refractivity contribution in [2.75, 3.05) is 13.1 Å². The summed E-state index contributed by atoms with van der Waals surface area (Å²) < 4.78 is 0. The molecule has 1 aliphatic rings. The highest BCUT2D eigenvalue weighted by Gasteiger charge is 2.26. The van der Waals surface area contributed by atoms with E-state index < -0.39 is 0 Å². The van der Waals surface area contributed by atoms with Gasteiger partial charge in [0.2, 0.25) is 0 Å². The third-order valence-electron chi connectivity index (χ3n) is 2.94. The summed E-state index contributed by atoms with van der Waals surface area (Å²) in [4.78, 5) is 2.33. The molecule has 2 rings (SSSR count). The highest BCUT2D eigenvalue weighted by atomic mass is 35.5. The fourth-order valence-electron chi connectivity index (χ4n) is 1.86. The molecule has 4 heteroatoms. The van der Waals surface area contributed by atoms with Crippen LogP contribution in [0.1, 0.15) is 12.0 Å². The number of hydrogen-bond acceptors (Lipinski definition) is 2. The molecule has 2 nitrogen and oxygen atoms in total. The first-order valence-electron chi connectivity index (χ1n) is 5.09. The Morgan fingerprint density at radius 1 is 1.40 bits per heavy atom. The molecular weight excluding hydrogens is 231 g/mol. The lowest BCUT2D eigenvalue weighted by molar-refractivity contribution is 0.0882. The maximum absolute atomic E-state index is 6.12. The van der Waals surface area contributed by atoms with Crippen LogP contribution in [-0.4, -0.2) is 24.0 Å². The minimum atomic E-state index is 0.514. The molecule has 0 radical (unpaired) electrons. The van der Waals surface area contributed by atoms with E-state index in [2.05, 4.69) is 4.90 Å². The minimum Gasteiger partial charge on any atom is -0.329 e. The summed E-state index contributed by atoms with van der Waals surface area (Å²) in [7, 11) is 0. The predicted octanol–water partition coefficient (Wildman–Crippen LogP) is 2.53. The summed E-state index contributed by atoms with van der Waals surface area (Å²) in [5.41, 5.74) is 6.73. The predicted molar refractivity (Wildman–Crippen MR) is 64.3 cm³/mol. The van der Waals surface area contributed by atoms with Gasteiger partial charge in [-0.25, -0.2) is 0 Å². The molecule has 1 fully saturated rings. The van der Waals surface area contributed by atoms with Crippen molar-refractivity contribution in [3.63, 3.8) is 0 Å². The van der Waals surface area contributed by atoms with Gasteiger partial charge in [-0.3, -0.25) is 4.90 Å². The topological polar surface area (TPSA) is 29.3 Å². The van der Waals surface area contributed by atoms with Crippen LogP contribution in [0.3, 0.4) is 0 Å². The molecule has 0 bridgehead atoms. The molecule has 1 unspecified atom stereocenters. The Morgan fingerprint density at radius 2 is 2.20 bits per heavy atom. The molecule has 1 atom stereocenters. The summed E-state index contributed by atoms with van der Waals surface area (Å²) in [5, 5.41) is 1.29. The van der Waals surface area contributed by atoms with Crippen molar-refractivity contribution in [3.05, 3.63) is 33.8 Å². The zero-order valence-electron chi connectivity index (χ0n) is 8.42. The van der Waals surface area contributed by atoms with Crippen LogP contribution in [0.25, 0.3) is 0 Å². The van der Waals surface area contributed by atoms with Gasteiger partial charge >= 0.3 is 0 Å². The number of nitrogens with zero attached hydrogens (tertiary/aromatic N) is 1. The number of benzene rings is 1. The Morgan fingerprint density at radius 3 is 2.80 bits per heavy atom. The van der Waals surface area contributed by atoms with Crippen molar-refractivity contribution >= 4 is 23.2 Å². The van der Waals surface area contributed by atoms with E-state index >= 15 is 0 Å². The van der Waals surface area contributed by atoms with Crippen LogP contribution in [0.15, 0.2) is 18.2 Å². The molecule has 0 amide bonds. The maximum Gasteiger partial charge on any atom is 0.0637 e. The first-order valence-corrected chi connectivity index (χ1v) is 5.85. The molecule has 1 aliphatic heterocycles. The van der Waals surface area contributed by atoms with Gasteiger partial charge in [-0.1, -0.05) is 35.3 Å². The molecule has 1 aromatic carbocycles. The first kappa shape index (κ1) is 11.2. The largest absolute Gasteiger partial charge is 0.329 e. The van der Waals surface area contributed by atoms with Crippen molar-refractivity contribution in [2.45, 2.75) is 19.0 Å².